The Kier molecular flexibility index (Phi) is 8.64. The van der Waals surface area contributed by atoms with Crippen LogP contribution in [0, 0.1) is 11.3 Å². The molecule has 194 valence electrons. The van der Waals surface area contributed by atoms with Gasteiger partial charge >= 0.3 is 12.1 Å². The lowest BCUT2D eigenvalue weighted by Crippen LogP contribution is -2.43. The fourth-order valence-corrected chi connectivity index (χ4v) is 4.24. The molecule has 2 N–H and O–H groups in total. The second-order valence-electron chi connectivity index (χ2n) is 9.83. The summed E-state index contributed by atoms with van der Waals surface area (Å²) < 4.78 is 22.2. The molecule has 2 aliphatic heterocycles. The van der Waals surface area contributed by atoms with Crippen LogP contribution in [0.1, 0.15) is 64.5 Å². The third-order valence-corrected chi connectivity index (χ3v) is 5.99. The minimum Gasteiger partial charge on any atom is -0.463 e. The lowest BCUT2D eigenvalue weighted by atomic mass is 9.83. The van der Waals surface area contributed by atoms with Crippen LogP contribution in [0.3, 0.4) is 0 Å². The highest BCUT2D eigenvalue weighted by atomic mass is 16.6. The summed E-state index contributed by atoms with van der Waals surface area (Å²) in [5.74, 6) is -0.904. The van der Waals surface area contributed by atoms with Gasteiger partial charge in [-0.25, -0.2) is 9.59 Å². The Morgan fingerprint density at radius 2 is 1.83 bits per heavy atom. The number of hydrogen-bond acceptors (Lipinski definition) is 8. The molecule has 0 aliphatic carbocycles. The molecular weight excluding hydrogens is 462 g/mol. The molecule has 2 heterocycles. The van der Waals surface area contributed by atoms with Crippen LogP contribution in [-0.2, 0) is 30.3 Å². The number of likely N-dealkylation sites (tertiary alicyclic amines) is 1. The maximum Gasteiger partial charge on any atom is 0.410 e. The molecular formula is C27H35N3O6. The largest absolute Gasteiger partial charge is 0.463 e. The van der Waals surface area contributed by atoms with Crippen LogP contribution >= 0.6 is 0 Å². The first-order chi connectivity index (χ1) is 17.0. The predicted octanol–water partition coefficient (Wildman–Crippen LogP) is 4.25. The number of rotatable bonds is 6. The van der Waals surface area contributed by atoms with E-state index in [1.807, 2.05) is 45.0 Å². The number of carbonyl (C=O) groups excluding carboxylic acids is 2. The fraction of sp³-hybridized carbons (Fsp3) is 0.519. The van der Waals surface area contributed by atoms with E-state index < -0.39 is 17.5 Å². The highest BCUT2D eigenvalue weighted by Gasteiger charge is 2.36. The van der Waals surface area contributed by atoms with Crippen molar-refractivity contribution in [3.05, 3.63) is 58.2 Å². The number of benzene rings is 1. The fourth-order valence-electron chi connectivity index (χ4n) is 4.24. The number of nitrogens with zero attached hydrogens (tertiary/aromatic N) is 2. The van der Waals surface area contributed by atoms with Crippen LogP contribution in [0.15, 0.2) is 47.1 Å². The number of ether oxygens (including phenoxy) is 4. The molecule has 9 nitrogen and oxygen atoms in total. The Balaban J connectivity index is 1.63. The first-order valence-corrected chi connectivity index (χ1v) is 12.2. The highest BCUT2D eigenvalue weighted by Crippen LogP contribution is 2.39. The number of carbonyl (C=O) groups is 2. The summed E-state index contributed by atoms with van der Waals surface area (Å²) in [6, 6.07) is 9.61. The molecule has 1 saturated heterocycles. The molecule has 1 unspecified atom stereocenters. The molecule has 0 bridgehead atoms. The van der Waals surface area contributed by atoms with Crippen LogP contribution in [0.2, 0.25) is 0 Å². The molecule has 1 atom stereocenters. The van der Waals surface area contributed by atoms with Crippen LogP contribution in [-0.4, -0.2) is 48.4 Å². The number of piperidine rings is 1. The van der Waals surface area contributed by atoms with Gasteiger partial charge < -0.3 is 29.6 Å². The molecule has 1 amide bonds. The van der Waals surface area contributed by atoms with E-state index in [0.717, 1.165) is 24.0 Å². The summed E-state index contributed by atoms with van der Waals surface area (Å²) in [7, 11) is 0. The molecule has 1 aromatic rings. The lowest BCUT2D eigenvalue weighted by Gasteiger charge is -2.33. The molecule has 0 radical (unpaired) electrons. The number of nitrogens with two attached hydrogens (primary N) is 1. The van der Waals surface area contributed by atoms with Crippen molar-refractivity contribution >= 4 is 12.1 Å². The van der Waals surface area contributed by atoms with E-state index in [4.69, 9.17) is 24.7 Å². The van der Waals surface area contributed by atoms with Gasteiger partial charge in [-0.3, -0.25) is 0 Å². The van der Waals surface area contributed by atoms with Gasteiger partial charge in [-0.1, -0.05) is 24.3 Å². The van der Waals surface area contributed by atoms with Crippen molar-refractivity contribution in [2.24, 2.45) is 5.73 Å². The van der Waals surface area contributed by atoms with Gasteiger partial charge in [0.05, 0.1) is 30.8 Å². The van der Waals surface area contributed by atoms with E-state index in [1.54, 1.807) is 18.7 Å². The molecule has 2 aliphatic rings. The van der Waals surface area contributed by atoms with Crippen molar-refractivity contribution in [2.75, 3.05) is 19.7 Å². The SMILES string of the molecule is CCOC(=O)C1=C(C)OC(N)=C(C#N)C1c1ccc(COC2CCN(C(=O)OC(C)(C)C)CC2)cc1. The number of nitriles is 1. The third kappa shape index (κ3) is 6.58. The Morgan fingerprint density at radius 1 is 1.19 bits per heavy atom. The van der Waals surface area contributed by atoms with Crippen LogP contribution in [0.4, 0.5) is 4.79 Å². The molecule has 9 heteroatoms. The molecule has 3 rings (SSSR count). The van der Waals surface area contributed by atoms with Crippen LogP contribution in [0.25, 0.3) is 0 Å². The van der Waals surface area contributed by atoms with E-state index in [0.29, 0.717) is 25.5 Å². The molecule has 0 saturated carbocycles. The van der Waals surface area contributed by atoms with Gasteiger partial charge in [0, 0.05) is 13.1 Å². The second kappa shape index (κ2) is 11.5. The van der Waals surface area contributed by atoms with Crippen LogP contribution < -0.4 is 5.73 Å². The average molecular weight is 498 g/mol. The van der Waals surface area contributed by atoms with Crippen molar-refractivity contribution in [2.45, 2.75) is 71.7 Å². The Hall–Kier alpha value is -3.51. The first kappa shape index (κ1) is 27.1. The summed E-state index contributed by atoms with van der Waals surface area (Å²) in [6.45, 7) is 10.7. The maximum absolute atomic E-state index is 12.7. The zero-order valence-corrected chi connectivity index (χ0v) is 21.6. The van der Waals surface area contributed by atoms with Crippen LogP contribution in [0.5, 0.6) is 0 Å². The zero-order valence-electron chi connectivity index (χ0n) is 21.6. The highest BCUT2D eigenvalue weighted by molar-refractivity contribution is 5.92. The van der Waals surface area contributed by atoms with Crippen molar-refractivity contribution in [3.63, 3.8) is 0 Å². The van der Waals surface area contributed by atoms with Gasteiger partial charge in [-0.05, 0) is 58.6 Å². The zero-order chi connectivity index (χ0) is 26.5. The monoisotopic (exact) mass is 497 g/mol. The predicted molar refractivity (Wildman–Crippen MR) is 132 cm³/mol. The summed E-state index contributed by atoms with van der Waals surface area (Å²) in [5.41, 5.74) is 7.57. The van der Waals surface area contributed by atoms with Crippen molar-refractivity contribution < 1.29 is 28.5 Å². The smallest absolute Gasteiger partial charge is 0.410 e. The standard InChI is InChI=1S/C27H35N3O6/c1-6-33-25(31)22-17(2)35-24(29)21(15-28)23(22)19-9-7-18(8-10-19)16-34-20-11-13-30(14-12-20)26(32)36-27(3,4)5/h7-10,20,23H,6,11-14,16,29H2,1-5H3. The van der Waals surface area contributed by atoms with Gasteiger partial charge in [0.1, 0.15) is 23.0 Å². The molecule has 36 heavy (non-hydrogen) atoms. The summed E-state index contributed by atoms with van der Waals surface area (Å²) in [6.07, 6.45) is 1.24. The second-order valence-corrected chi connectivity index (χ2v) is 9.83. The lowest BCUT2D eigenvalue weighted by molar-refractivity contribution is -0.139. The number of esters is 1. The molecule has 1 fully saturated rings. The van der Waals surface area contributed by atoms with E-state index >= 15 is 0 Å². The normalized spacial score (nSPS) is 19.0. The van der Waals surface area contributed by atoms with Gasteiger partial charge in [-0.15, -0.1) is 0 Å². The van der Waals surface area contributed by atoms with Crippen molar-refractivity contribution in [3.8, 4) is 6.07 Å². The van der Waals surface area contributed by atoms with Crippen molar-refractivity contribution in [1.29, 1.82) is 5.26 Å². The Morgan fingerprint density at radius 3 is 2.39 bits per heavy atom. The molecule has 0 aromatic heterocycles. The average Bonchev–Trinajstić information content (AvgIpc) is 2.82. The topological polar surface area (TPSA) is 124 Å². The molecule has 1 aromatic carbocycles. The first-order valence-electron chi connectivity index (χ1n) is 12.2. The Labute approximate surface area is 212 Å². The van der Waals surface area contributed by atoms with Crippen molar-refractivity contribution in [1.82, 2.24) is 4.90 Å². The third-order valence-electron chi connectivity index (χ3n) is 5.99. The minimum atomic E-state index is -0.671. The van der Waals surface area contributed by atoms with E-state index in [1.165, 1.54) is 0 Å². The maximum atomic E-state index is 12.7. The van der Waals surface area contributed by atoms with E-state index in [-0.39, 0.29) is 35.8 Å². The molecule has 0 spiro atoms. The van der Waals surface area contributed by atoms with E-state index in [9.17, 15) is 14.9 Å². The van der Waals surface area contributed by atoms with Gasteiger partial charge in [0.25, 0.3) is 0 Å². The number of amides is 1. The summed E-state index contributed by atoms with van der Waals surface area (Å²) in [4.78, 5) is 26.6. The summed E-state index contributed by atoms with van der Waals surface area (Å²) >= 11 is 0. The Bertz CT molecular complexity index is 1070. The van der Waals surface area contributed by atoms with E-state index in [2.05, 4.69) is 6.07 Å². The number of hydrogen-bond donors (Lipinski definition) is 1. The van der Waals surface area contributed by atoms with Gasteiger partial charge in [0.2, 0.25) is 5.88 Å². The summed E-state index contributed by atoms with van der Waals surface area (Å²) in [5, 5.41) is 9.71. The van der Waals surface area contributed by atoms with Gasteiger partial charge in [0.15, 0.2) is 0 Å². The van der Waals surface area contributed by atoms with Gasteiger partial charge in [-0.2, -0.15) is 5.26 Å². The number of allylic oxidation sites excluding steroid dienone is 2. The minimum absolute atomic E-state index is 0.0156. The quantitative estimate of drug-likeness (QED) is 0.579.